The van der Waals surface area contributed by atoms with Crippen molar-refractivity contribution < 1.29 is 14.3 Å². The van der Waals surface area contributed by atoms with Crippen LogP contribution in [0.25, 0.3) is 0 Å². The van der Waals surface area contributed by atoms with Gasteiger partial charge in [0.25, 0.3) is 5.91 Å². The second kappa shape index (κ2) is 7.74. The second-order valence-electron chi connectivity index (χ2n) is 5.94. The molecule has 0 unspecified atom stereocenters. The molecule has 1 aromatic heterocycles. The second-order valence-corrected chi connectivity index (χ2v) is 5.94. The molecule has 2 aromatic rings. The third-order valence-corrected chi connectivity index (χ3v) is 3.96. The Morgan fingerprint density at radius 1 is 1.24 bits per heavy atom. The molecule has 1 fully saturated rings. The molecule has 1 aliphatic heterocycles. The SMILES string of the molecule is CC(=O)Nc1ccc(C(=O)N2CCC[C@@H](Oc3ccncn3)C2)cc1. The van der Waals surface area contributed by atoms with E-state index in [0.717, 1.165) is 12.8 Å². The summed E-state index contributed by atoms with van der Waals surface area (Å²) < 4.78 is 5.84. The van der Waals surface area contributed by atoms with Crippen molar-refractivity contribution in [2.75, 3.05) is 18.4 Å². The first-order chi connectivity index (χ1) is 12.1. The standard InChI is InChI=1S/C18H20N4O3/c1-13(23)21-15-6-4-14(5-7-15)18(24)22-10-2-3-16(11-22)25-17-8-9-19-12-20-17/h4-9,12,16H,2-3,10-11H2,1H3,(H,21,23)/t16-/m1/s1. The van der Waals surface area contributed by atoms with Crippen LogP contribution in [-0.4, -0.2) is 45.9 Å². The normalized spacial score (nSPS) is 17.0. The average Bonchev–Trinajstić information content (AvgIpc) is 2.62. The summed E-state index contributed by atoms with van der Waals surface area (Å²) in [5.74, 6) is 0.346. The third kappa shape index (κ3) is 4.53. The van der Waals surface area contributed by atoms with E-state index in [4.69, 9.17) is 4.74 Å². The number of nitrogens with zero attached hydrogens (tertiary/aromatic N) is 3. The van der Waals surface area contributed by atoms with E-state index in [9.17, 15) is 9.59 Å². The minimum absolute atomic E-state index is 0.0367. The summed E-state index contributed by atoms with van der Waals surface area (Å²) in [6, 6.07) is 8.62. The number of hydrogen-bond acceptors (Lipinski definition) is 5. The largest absolute Gasteiger partial charge is 0.472 e. The smallest absolute Gasteiger partial charge is 0.253 e. The molecule has 7 heteroatoms. The van der Waals surface area contributed by atoms with Gasteiger partial charge in [-0.2, -0.15) is 0 Å². The van der Waals surface area contributed by atoms with Crippen molar-refractivity contribution in [2.24, 2.45) is 0 Å². The van der Waals surface area contributed by atoms with Gasteiger partial charge in [0.15, 0.2) is 0 Å². The summed E-state index contributed by atoms with van der Waals surface area (Å²) in [4.78, 5) is 33.5. The lowest BCUT2D eigenvalue weighted by Crippen LogP contribution is -2.44. The lowest BCUT2D eigenvalue weighted by atomic mass is 10.1. The van der Waals surface area contributed by atoms with Crippen LogP contribution in [0.1, 0.15) is 30.1 Å². The molecule has 1 atom stereocenters. The summed E-state index contributed by atoms with van der Waals surface area (Å²) in [6.07, 6.45) is 4.76. The van der Waals surface area contributed by atoms with Crippen molar-refractivity contribution in [3.8, 4) is 5.88 Å². The first-order valence-corrected chi connectivity index (χ1v) is 8.21. The van der Waals surface area contributed by atoms with Gasteiger partial charge in [0.05, 0.1) is 6.54 Å². The number of likely N-dealkylation sites (tertiary alicyclic amines) is 1. The number of carbonyl (C=O) groups is 2. The minimum atomic E-state index is -0.139. The summed E-state index contributed by atoms with van der Waals surface area (Å²) in [7, 11) is 0. The Morgan fingerprint density at radius 3 is 2.72 bits per heavy atom. The van der Waals surface area contributed by atoms with E-state index in [0.29, 0.717) is 30.2 Å². The van der Waals surface area contributed by atoms with Crippen molar-refractivity contribution >= 4 is 17.5 Å². The quantitative estimate of drug-likeness (QED) is 0.921. The number of ether oxygens (including phenoxy) is 1. The number of piperidine rings is 1. The fourth-order valence-corrected chi connectivity index (χ4v) is 2.82. The zero-order valence-electron chi connectivity index (χ0n) is 14.0. The van der Waals surface area contributed by atoms with Gasteiger partial charge < -0.3 is 15.0 Å². The molecule has 1 aromatic carbocycles. The maximum atomic E-state index is 12.7. The number of rotatable bonds is 4. The van der Waals surface area contributed by atoms with Crippen LogP contribution in [0.4, 0.5) is 5.69 Å². The van der Waals surface area contributed by atoms with Crippen LogP contribution in [0.3, 0.4) is 0 Å². The highest BCUT2D eigenvalue weighted by Crippen LogP contribution is 2.19. The van der Waals surface area contributed by atoms with E-state index in [2.05, 4.69) is 15.3 Å². The summed E-state index contributed by atoms with van der Waals surface area (Å²) in [6.45, 7) is 2.68. The zero-order chi connectivity index (χ0) is 17.6. The Morgan fingerprint density at radius 2 is 2.04 bits per heavy atom. The lowest BCUT2D eigenvalue weighted by molar-refractivity contribution is -0.114. The van der Waals surface area contributed by atoms with Gasteiger partial charge in [0.1, 0.15) is 12.4 Å². The van der Waals surface area contributed by atoms with Crippen molar-refractivity contribution in [1.82, 2.24) is 14.9 Å². The molecule has 0 bridgehead atoms. The summed E-state index contributed by atoms with van der Waals surface area (Å²) in [5, 5.41) is 2.69. The highest BCUT2D eigenvalue weighted by Gasteiger charge is 2.26. The first-order valence-electron chi connectivity index (χ1n) is 8.21. The highest BCUT2D eigenvalue weighted by atomic mass is 16.5. The van der Waals surface area contributed by atoms with Gasteiger partial charge in [0, 0.05) is 37.0 Å². The number of benzene rings is 1. The molecule has 25 heavy (non-hydrogen) atoms. The molecule has 1 N–H and O–H groups in total. The van der Waals surface area contributed by atoms with Crippen LogP contribution in [0.5, 0.6) is 5.88 Å². The Bertz CT molecular complexity index is 734. The van der Waals surface area contributed by atoms with E-state index in [1.807, 2.05) is 0 Å². The Balaban J connectivity index is 1.62. The minimum Gasteiger partial charge on any atom is -0.472 e. The van der Waals surface area contributed by atoms with Crippen LogP contribution in [0, 0.1) is 0 Å². The number of anilines is 1. The molecular formula is C18H20N4O3. The number of nitrogens with one attached hydrogen (secondary N) is 1. The van der Waals surface area contributed by atoms with Gasteiger partial charge in [-0.25, -0.2) is 9.97 Å². The van der Waals surface area contributed by atoms with Gasteiger partial charge in [-0.1, -0.05) is 0 Å². The topological polar surface area (TPSA) is 84.4 Å². The number of amides is 2. The molecule has 2 amide bonds. The average molecular weight is 340 g/mol. The van der Waals surface area contributed by atoms with Crippen LogP contribution in [-0.2, 0) is 4.79 Å². The van der Waals surface area contributed by atoms with Gasteiger partial charge in [-0.3, -0.25) is 9.59 Å². The fourth-order valence-electron chi connectivity index (χ4n) is 2.82. The number of carbonyl (C=O) groups excluding carboxylic acids is 2. The molecule has 0 radical (unpaired) electrons. The van der Waals surface area contributed by atoms with Crippen molar-refractivity contribution in [3.05, 3.63) is 48.4 Å². The number of hydrogen-bond donors (Lipinski definition) is 1. The predicted molar refractivity (Wildman–Crippen MR) is 92.3 cm³/mol. The van der Waals surface area contributed by atoms with E-state index in [1.165, 1.54) is 13.3 Å². The Hall–Kier alpha value is -2.96. The van der Waals surface area contributed by atoms with Crippen molar-refractivity contribution in [2.45, 2.75) is 25.9 Å². The predicted octanol–water partition coefficient (Wildman–Crippen LogP) is 2.12. The van der Waals surface area contributed by atoms with Gasteiger partial charge in [0.2, 0.25) is 11.8 Å². The summed E-state index contributed by atoms with van der Waals surface area (Å²) >= 11 is 0. The van der Waals surface area contributed by atoms with Crippen LogP contribution in [0.2, 0.25) is 0 Å². The maximum absolute atomic E-state index is 12.7. The van der Waals surface area contributed by atoms with Crippen LogP contribution in [0.15, 0.2) is 42.9 Å². The lowest BCUT2D eigenvalue weighted by Gasteiger charge is -2.32. The Kier molecular flexibility index (Phi) is 5.23. The van der Waals surface area contributed by atoms with Gasteiger partial charge in [-0.15, -0.1) is 0 Å². The molecule has 130 valence electrons. The number of aromatic nitrogens is 2. The van der Waals surface area contributed by atoms with E-state index in [-0.39, 0.29) is 17.9 Å². The molecule has 0 aliphatic carbocycles. The molecule has 1 aliphatic rings. The molecule has 1 saturated heterocycles. The maximum Gasteiger partial charge on any atom is 0.253 e. The molecule has 7 nitrogen and oxygen atoms in total. The van der Waals surface area contributed by atoms with E-state index >= 15 is 0 Å². The zero-order valence-corrected chi connectivity index (χ0v) is 14.0. The molecule has 0 saturated carbocycles. The third-order valence-electron chi connectivity index (χ3n) is 3.96. The van der Waals surface area contributed by atoms with Gasteiger partial charge in [-0.05, 0) is 37.1 Å². The molecule has 0 spiro atoms. The summed E-state index contributed by atoms with van der Waals surface area (Å²) in [5.41, 5.74) is 1.27. The monoisotopic (exact) mass is 340 g/mol. The van der Waals surface area contributed by atoms with E-state index < -0.39 is 0 Å². The van der Waals surface area contributed by atoms with Gasteiger partial charge >= 0.3 is 0 Å². The van der Waals surface area contributed by atoms with Crippen LogP contribution >= 0.6 is 0 Å². The first kappa shape index (κ1) is 16.9. The Labute approximate surface area is 146 Å². The van der Waals surface area contributed by atoms with Crippen molar-refractivity contribution in [3.63, 3.8) is 0 Å². The highest BCUT2D eigenvalue weighted by molar-refractivity contribution is 5.95. The fraction of sp³-hybridized carbons (Fsp3) is 0.333. The molecule has 2 heterocycles. The molecule has 3 rings (SSSR count). The van der Waals surface area contributed by atoms with E-state index in [1.54, 1.807) is 41.4 Å². The van der Waals surface area contributed by atoms with Crippen LogP contribution < -0.4 is 10.1 Å². The van der Waals surface area contributed by atoms with Crippen molar-refractivity contribution in [1.29, 1.82) is 0 Å². The molecular weight excluding hydrogens is 320 g/mol.